The van der Waals surface area contributed by atoms with E-state index < -0.39 is 22.0 Å². The van der Waals surface area contributed by atoms with Crippen LogP contribution in [0.2, 0.25) is 0 Å². The van der Waals surface area contributed by atoms with E-state index in [1.54, 1.807) is 26.2 Å². The lowest BCUT2D eigenvalue weighted by Crippen LogP contribution is -2.47. The second-order valence-corrected chi connectivity index (χ2v) is 9.79. The van der Waals surface area contributed by atoms with Crippen molar-refractivity contribution in [2.24, 2.45) is 0 Å². The summed E-state index contributed by atoms with van der Waals surface area (Å²) in [6.45, 7) is 3.67. The molecule has 3 aromatic rings. The van der Waals surface area contributed by atoms with Crippen molar-refractivity contribution in [3.05, 3.63) is 54.1 Å². The summed E-state index contributed by atoms with van der Waals surface area (Å²) in [6, 6.07) is 13.4. The zero-order valence-corrected chi connectivity index (χ0v) is 19.3. The lowest BCUT2D eigenvalue weighted by Gasteiger charge is -2.29. The van der Waals surface area contributed by atoms with Crippen molar-refractivity contribution in [2.45, 2.75) is 26.3 Å². The van der Waals surface area contributed by atoms with Gasteiger partial charge in [0.15, 0.2) is 0 Å². The van der Waals surface area contributed by atoms with E-state index in [9.17, 15) is 13.2 Å². The van der Waals surface area contributed by atoms with Gasteiger partial charge in [0.2, 0.25) is 21.1 Å². The zero-order valence-electron chi connectivity index (χ0n) is 17.7. The summed E-state index contributed by atoms with van der Waals surface area (Å²) in [7, 11) is -2.10. The van der Waals surface area contributed by atoms with E-state index in [0.717, 1.165) is 27.4 Å². The highest BCUT2D eigenvalue weighted by atomic mass is 32.2. The number of sulfonamides is 1. The third-order valence-corrected chi connectivity index (χ3v) is 6.68. The van der Waals surface area contributed by atoms with Gasteiger partial charge in [0.05, 0.1) is 19.1 Å². The Bertz CT molecular complexity index is 1140. The number of hydrogen-bond acceptors (Lipinski definition) is 7. The Morgan fingerprint density at radius 3 is 2.32 bits per heavy atom. The van der Waals surface area contributed by atoms with Crippen LogP contribution in [0, 0.1) is 6.92 Å². The van der Waals surface area contributed by atoms with Crippen LogP contribution in [0.5, 0.6) is 5.75 Å². The molecule has 1 amide bonds. The molecule has 2 aromatic carbocycles. The smallest absolute Gasteiger partial charge is 0.250 e. The summed E-state index contributed by atoms with van der Waals surface area (Å²) in [5.74, 6) is 0.260. The van der Waals surface area contributed by atoms with Gasteiger partial charge in [-0.2, -0.15) is 0 Å². The minimum atomic E-state index is -3.70. The predicted molar refractivity (Wildman–Crippen MR) is 123 cm³/mol. The molecule has 1 unspecified atom stereocenters. The zero-order chi connectivity index (χ0) is 22.6. The van der Waals surface area contributed by atoms with Crippen LogP contribution in [0.3, 0.4) is 0 Å². The molecule has 0 aliphatic heterocycles. The Labute approximate surface area is 185 Å². The molecule has 0 aliphatic rings. The first-order valence-corrected chi connectivity index (χ1v) is 12.2. The van der Waals surface area contributed by atoms with Gasteiger partial charge in [-0.1, -0.05) is 36.0 Å². The summed E-state index contributed by atoms with van der Waals surface area (Å²) in [6.07, 6.45) is 1.38. The predicted octanol–water partition coefficient (Wildman–Crippen LogP) is 3.71. The molecule has 8 nitrogen and oxygen atoms in total. The molecule has 0 saturated heterocycles. The highest BCUT2D eigenvalue weighted by Gasteiger charge is 2.32. The average molecular weight is 461 g/mol. The van der Waals surface area contributed by atoms with Crippen LogP contribution < -0.4 is 14.4 Å². The van der Waals surface area contributed by atoms with E-state index in [0.29, 0.717) is 15.8 Å². The fraction of sp³-hybridized carbons (Fsp3) is 0.286. The maximum absolute atomic E-state index is 13.0. The topological polar surface area (TPSA) is 101 Å². The Hall–Kier alpha value is -2.98. The van der Waals surface area contributed by atoms with Crippen molar-refractivity contribution >= 4 is 38.1 Å². The largest absolute Gasteiger partial charge is 0.497 e. The van der Waals surface area contributed by atoms with Crippen molar-refractivity contribution in [3.63, 3.8) is 0 Å². The first-order chi connectivity index (χ1) is 14.7. The summed E-state index contributed by atoms with van der Waals surface area (Å²) >= 11 is 1.21. The van der Waals surface area contributed by atoms with Crippen molar-refractivity contribution < 1.29 is 17.9 Å². The lowest BCUT2D eigenvalue weighted by molar-refractivity contribution is -0.117. The molecule has 31 heavy (non-hydrogen) atoms. The molecular formula is C21H24N4O4S2. The number of nitrogens with zero attached hydrogens (tertiary/aromatic N) is 3. The number of benzene rings is 2. The van der Waals surface area contributed by atoms with Crippen molar-refractivity contribution in [2.75, 3.05) is 23.0 Å². The number of anilines is 2. The van der Waals surface area contributed by atoms with Crippen LogP contribution in [-0.2, 0) is 14.8 Å². The molecule has 0 aliphatic carbocycles. The van der Waals surface area contributed by atoms with Gasteiger partial charge < -0.3 is 4.74 Å². The molecule has 10 heteroatoms. The maximum Gasteiger partial charge on any atom is 0.250 e. The molecule has 3 rings (SSSR count). The number of hydrogen-bond donors (Lipinski definition) is 1. The van der Waals surface area contributed by atoms with E-state index in [1.165, 1.54) is 11.3 Å². The number of aryl methyl sites for hydroxylation is 1. The number of rotatable bonds is 8. The number of amides is 1. The molecule has 1 N–H and O–H groups in total. The Kier molecular flexibility index (Phi) is 6.91. The Balaban J connectivity index is 1.82. The molecule has 0 radical (unpaired) electrons. The first-order valence-electron chi connectivity index (χ1n) is 9.57. The standard InChI is InChI=1S/C21H24N4O4S2/c1-5-18(25(31(4,27)28)16-10-6-14(2)7-11-16)19(26)22-21-24-23-20(30-21)15-8-12-17(29-3)13-9-15/h6-13,18H,5H2,1-4H3,(H,22,24,26). The summed E-state index contributed by atoms with van der Waals surface area (Å²) < 4.78 is 31.3. The second kappa shape index (κ2) is 9.44. The van der Waals surface area contributed by atoms with Crippen LogP contribution in [0.15, 0.2) is 48.5 Å². The number of aromatic nitrogens is 2. The van der Waals surface area contributed by atoms with E-state index in [2.05, 4.69) is 15.5 Å². The number of ether oxygens (including phenoxy) is 1. The van der Waals surface area contributed by atoms with Crippen LogP contribution in [0.4, 0.5) is 10.8 Å². The van der Waals surface area contributed by atoms with E-state index in [4.69, 9.17) is 4.74 Å². The van der Waals surface area contributed by atoms with E-state index in [1.807, 2.05) is 43.3 Å². The minimum Gasteiger partial charge on any atom is -0.497 e. The van der Waals surface area contributed by atoms with Crippen LogP contribution in [0.25, 0.3) is 10.6 Å². The molecule has 0 bridgehead atoms. The Morgan fingerprint density at radius 2 is 1.77 bits per heavy atom. The van der Waals surface area contributed by atoms with Gasteiger partial charge in [-0.25, -0.2) is 8.42 Å². The number of carbonyl (C=O) groups excluding carboxylic acids is 1. The van der Waals surface area contributed by atoms with Crippen LogP contribution in [0.1, 0.15) is 18.9 Å². The number of nitrogens with one attached hydrogen (secondary N) is 1. The van der Waals surface area contributed by atoms with E-state index in [-0.39, 0.29) is 6.42 Å². The van der Waals surface area contributed by atoms with Crippen molar-refractivity contribution in [1.29, 1.82) is 0 Å². The normalized spacial score (nSPS) is 12.3. The summed E-state index contributed by atoms with van der Waals surface area (Å²) in [5, 5.41) is 11.8. The molecule has 1 atom stereocenters. The molecule has 1 aromatic heterocycles. The fourth-order valence-electron chi connectivity index (χ4n) is 3.06. The van der Waals surface area contributed by atoms with Crippen LogP contribution >= 0.6 is 11.3 Å². The fourth-order valence-corrected chi connectivity index (χ4v) is 5.03. The quantitative estimate of drug-likeness (QED) is 0.550. The van der Waals surface area contributed by atoms with Gasteiger partial charge >= 0.3 is 0 Å². The average Bonchev–Trinajstić information content (AvgIpc) is 3.20. The molecular weight excluding hydrogens is 436 g/mol. The molecule has 0 fully saturated rings. The Morgan fingerprint density at radius 1 is 1.13 bits per heavy atom. The minimum absolute atomic E-state index is 0.289. The van der Waals surface area contributed by atoms with Gasteiger partial charge in [0.1, 0.15) is 16.8 Å². The van der Waals surface area contributed by atoms with Gasteiger partial charge in [-0.05, 0) is 49.7 Å². The van der Waals surface area contributed by atoms with Gasteiger partial charge in [0.25, 0.3) is 0 Å². The third kappa shape index (κ3) is 5.39. The number of carbonyl (C=O) groups is 1. The second-order valence-electron chi connectivity index (χ2n) is 6.95. The van der Waals surface area contributed by atoms with Crippen molar-refractivity contribution in [3.8, 4) is 16.3 Å². The van der Waals surface area contributed by atoms with Gasteiger partial charge in [0, 0.05) is 5.56 Å². The van der Waals surface area contributed by atoms with Gasteiger partial charge in [-0.3, -0.25) is 14.4 Å². The molecule has 0 spiro atoms. The molecule has 1 heterocycles. The molecule has 164 valence electrons. The van der Waals surface area contributed by atoms with Crippen LogP contribution in [-0.4, -0.2) is 43.9 Å². The van der Waals surface area contributed by atoms with Gasteiger partial charge in [-0.15, -0.1) is 10.2 Å². The lowest BCUT2D eigenvalue weighted by atomic mass is 10.1. The first kappa shape index (κ1) is 22.7. The van der Waals surface area contributed by atoms with Crippen molar-refractivity contribution in [1.82, 2.24) is 10.2 Å². The maximum atomic E-state index is 13.0. The number of methoxy groups -OCH3 is 1. The summed E-state index contributed by atoms with van der Waals surface area (Å²) in [4.78, 5) is 13.0. The molecule has 0 saturated carbocycles. The SMILES string of the molecule is CCC(C(=O)Nc1nnc(-c2ccc(OC)cc2)s1)N(c1ccc(C)cc1)S(C)(=O)=O. The monoisotopic (exact) mass is 460 g/mol. The highest BCUT2D eigenvalue weighted by Crippen LogP contribution is 2.29. The third-order valence-electron chi connectivity index (χ3n) is 4.61. The highest BCUT2D eigenvalue weighted by molar-refractivity contribution is 7.92. The summed E-state index contributed by atoms with van der Waals surface area (Å²) in [5.41, 5.74) is 2.27. The van der Waals surface area contributed by atoms with E-state index >= 15 is 0 Å².